The lowest BCUT2D eigenvalue weighted by Crippen LogP contribution is -2.34. The van der Waals surface area contributed by atoms with E-state index in [0.717, 1.165) is 16.9 Å². The van der Waals surface area contributed by atoms with E-state index in [-0.39, 0.29) is 17.8 Å². The molecule has 0 aliphatic carbocycles. The highest BCUT2D eigenvalue weighted by Crippen LogP contribution is 2.39. The standard InChI is InChI=1S/C23H22FN3O3/c1-29-19-4-2-3-15(7-19)5-6-22(28)27-13-20-9-16-8-18(24)10-21(23(16)30-20)17-11-25-14-26-12-17/h2-4,7-8,10-12,14,20H,5-6,9,13H2,1H3,(H,27,28)/t20-/m1/s1. The van der Waals surface area contributed by atoms with Gasteiger partial charge in [-0.2, -0.15) is 0 Å². The van der Waals surface area contributed by atoms with Crippen molar-refractivity contribution in [2.45, 2.75) is 25.4 Å². The summed E-state index contributed by atoms with van der Waals surface area (Å²) in [6.45, 7) is 0.359. The largest absolute Gasteiger partial charge is 0.497 e. The zero-order valence-electron chi connectivity index (χ0n) is 16.6. The second-order valence-electron chi connectivity index (χ2n) is 7.17. The van der Waals surface area contributed by atoms with E-state index in [1.807, 2.05) is 24.3 Å². The van der Waals surface area contributed by atoms with Crippen molar-refractivity contribution in [2.24, 2.45) is 0 Å². The zero-order chi connectivity index (χ0) is 20.9. The Morgan fingerprint density at radius 2 is 2.10 bits per heavy atom. The van der Waals surface area contributed by atoms with Crippen LogP contribution in [0.3, 0.4) is 0 Å². The molecule has 154 valence electrons. The van der Waals surface area contributed by atoms with Gasteiger partial charge in [0, 0.05) is 41.9 Å². The molecule has 0 saturated carbocycles. The molecular formula is C23H22FN3O3. The number of methoxy groups -OCH3 is 1. The molecule has 1 aliphatic rings. The number of hydrogen-bond donors (Lipinski definition) is 1. The molecule has 0 bridgehead atoms. The van der Waals surface area contributed by atoms with Crippen LogP contribution in [0.15, 0.2) is 55.1 Å². The predicted octanol–water partition coefficient (Wildman–Crippen LogP) is 3.34. The molecule has 3 aromatic rings. The summed E-state index contributed by atoms with van der Waals surface area (Å²) in [5.41, 5.74) is 3.14. The number of aryl methyl sites for hydroxylation is 1. The number of ether oxygens (including phenoxy) is 2. The fraction of sp³-hybridized carbons (Fsp3) is 0.261. The SMILES string of the molecule is COc1cccc(CCC(=O)NC[C@H]2Cc3cc(F)cc(-c4cncnc4)c3O2)c1. The van der Waals surface area contributed by atoms with Crippen molar-refractivity contribution in [2.75, 3.05) is 13.7 Å². The Kier molecular flexibility index (Phi) is 5.88. The Balaban J connectivity index is 1.34. The lowest BCUT2D eigenvalue weighted by atomic mass is 10.0. The van der Waals surface area contributed by atoms with Gasteiger partial charge in [-0.25, -0.2) is 14.4 Å². The first-order valence-electron chi connectivity index (χ1n) is 9.76. The summed E-state index contributed by atoms with van der Waals surface area (Å²) in [5.74, 6) is 1.01. The third kappa shape index (κ3) is 4.56. The molecule has 2 heterocycles. The minimum Gasteiger partial charge on any atom is -0.497 e. The van der Waals surface area contributed by atoms with Crippen LogP contribution in [0.2, 0.25) is 0 Å². The number of carbonyl (C=O) groups excluding carboxylic acids is 1. The average molecular weight is 407 g/mol. The average Bonchev–Trinajstić information content (AvgIpc) is 3.19. The number of carbonyl (C=O) groups is 1. The first kappa shape index (κ1) is 19.8. The highest BCUT2D eigenvalue weighted by molar-refractivity contribution is 5.76. The van der Waals surface area contributed by atoms with E-state index in [1.54, 1.807) is 19.5 Å². The maximum Gasteiger partial charge on any atom is 0.220 e. The molecule has 1 N–H and O–H groups in total. The van der Waals surface area contributed by atoms with Gasteiger partial charge in [0.05, 0.1) is 13.7 Å². The topological polar surface area (TPSA) is 73.3 Å². The van der Waals surface area contributed by atoms with Gasteiger partial charge in [0.15, 0.2) is 0 Å². The number of fused-ring (bicyclic) bond motifs is 1. The van der Waals surface area contributed by atoms with Crippen LogP contribution < -0.4 is 14.8 Å². The van der Waals surface area contributed by atoms with Crippen LogP contribution in [0.25, 0.3) is 11.1 Å². The Bertz CT molecular complexity index is 1040. The number of hydrogen-bond acceptors (Lipinski definition) is 5. The van der Waals surface area contributed by atoms with Crippen LogP contribution in [0.1, 0.15) is 17.5 Å². The molecule has 0 spiro atoms. The molecule has 1 aromatic heterocycles. The molecule has 4 rings (SSSR count). The number of nitrogens with one attached hydrogen (secondary N) is 1. The molecule has 0 unspecified atom stereocenters. The number of amides is 1. The van der Waals surface area contributed by atoms with E-state index >= 15 is 0 Å². The second-order valence-corrected chi connectivity index (χ2v) is 7.17. The monoisotopic (exact) mass is 407 g/mol. The first-order valence-corrected chi connectivity index (χ1v) is 9.76. The Hall–Kier alpha value is -3.48. The van der Waals surface area contributed by atoms with E-state index in [9.17, 15) is 9.18 Å². The summed E-state index contributed by atoms with van der Waals surface area (Å²) in [4.78, 5) is 20.3. The molecule has 0 saturated heterocycles. The summed E-state index contributed by atoms with van der Waals surface area (Å²) in [5, 5.41) is 2.92. The number of aromatic nitrogens is 2. The van der Waals surface area contributed by atoms with Gasteiger partial charge in [-0.15, -0.1) is 0 Å². The van der Waals surface area contributed by atoms with Crippen LogP contribution in [0.5, 0.6) is 11.5 Å². The maximum atomic E-state index is 14.1. The van der Waals surface area contributed by atoms with Gasteiger partial charge in [0.2, 0.25) is 5.91 Å². The van der Waals surface area contributed by atoms with Crippen molar-refractivity contribution < 1.29 is 18.7 Å². The van der Waals surface area contributed by atoms with Crippen molar-refractivity contribution in [3.05, 3.63) is 72.1 Å². The molecule has 0 fully saturated rings. The quantitative estimate of drug-likeness (QED) is 0.650. The molecule has 0 radical (unpaired) electrons. The summed E-state index contributed by atoms with van der Waals surface area (Å²) in [6, 6.07) is 10.6. The molecule has 2 aromatic carbocycles. The molecular weight excluding hydrogens is 385 g/mol. The van der Waals surface area contributed by atoms with Crippen LogP contribution in [0.4, 0.5) is 4.39 Å². The van der Waals surface area contributed by atoms with Gasteiger partial charge < -0.3 is 14.8 Å². The predicted molar refractivity (Wildman–Crippen MR) is 110 cm³/mol. The maximum absolute atomic E-state index is 14.1. The van der Waals surface area contributed by atoms with Crippen molar-refractivity contribution in [1.82, 2.24) is 15.3 Å². The van der Waals surface area contributed by atoms with Gasteiger partial charge >= 0.3 is 0 Å². The van der Waals surface area contributed by atoms with E-state index in [4.69, 9.17) is 9.47 Å². The van der Waals surface area contributed by atoms with E-state index < -0.39 is 0 Å². The van der Waals surface area contributed by atoms with Crippen LogP contribution in [-0.4, -0.2) is 35.6 Å². The van der Waals surface area contributed by atoms with E-state index in [2.05, 4.69) is 15.3 Å². The highest BCUT2D eigenvalue weighted by atomic mass is 19.1. The third-order valence-electron chi connectivity index (χ3n) is 5.04. The van der Waals surface area contributed by atoms with Gasteiger partial charge in [0.1, 0.15) is 29.7 Å². The third-order valence-corrected chi connectivity index (χ3v) is 5.04. The number of nitrogens with zero attached hydrogens (tertiary/aromatic N) is 2. The van der Waals surface area contributed by atoms with E-state index in [0.29, 0.717) is 42.7 Å². The Morgan fingerprint density at radius 3 is 2.90 bits per heavy atom. The zero-order valence-corrected chi connectivity index (χ0v) is 16.6. The molecule has 6 nitrogen and oxygen atoms in total. The number of rotatable bonds is 7. The fourth-order valence-electron chi connectivity index (χ4n) is 3.56. The summed E-state index contributed by atoms with van der Waals surface area (Å²) >= 11 is 0. The minimum absolute atomic E-state index is 0.0553. The van der Waals surface area contributed by atoms with Gasteiger partial charge in [0.25, 0.3) is 0 Å². The van der Waals surface area contributed by atoms with Crippen LogP contribution >= 0.6 is 0 Å². The molecule has 1 amide bonds. The molecule has 30 heavy (non-hydrogen) atoms. The molecule has 7 heteroatoms. The number of benzene rings is 2. The van der Waals surface area contributed by atoms with Crippen molar-refractivity contribution >= 4 is 5.91 Å². The number of halogens is 1. The van der Waals surface area contributed by atoms with Crippen LogP contribution in [-0.2, 0) is 17.6 Å². The fourth-order valence-corrected chi connectivity index (χ4v) is 3.56. The van der Waals surface area contributed by atoms with Gasteiger partial charge in [-0.1, -0.05) is 12.1 Å². The second kappa shape index (κ2) is 8.90. The normalized spacial score (nSPS) is 14.7. The Labute approximate surface area is 174 Å². The lowest BCUT2D eigenvalue weighted by Gasteiger charge is -2.13. The molecule has 1 aliphatic heterocycles. The summed E-state index contributed by atoms with van der Waals surface area (Å²) < 4.78 is 25.3. The van der Waals surface area contributed by atoms with Gasteiger partial charge in [-0.3, -0.25) is 4.79 Å². The first-order chi connectivity index (χ1) is 14.6. The van der Waals surface area contributed by atoms with Crippen molar-refractivity contribution in [1.29, 1.82) is 0 Å². The van der Waals surface area contributed by atoms with Gasteiger partial charge in [-0.05, 0) is 36.2 Å². The smallest absolute Gasteiger partial charge is 0.220 e. The molecule has 1 atom stereocenters. The van der Waals surface area contributed by atoms with Crippen molar-refractivity contribution in [3.63, 3.8) is 0 Å². The van der Waals surface area contributed by atoms with E-state index in [1.165, 1.54) is 18.5 Å². The summed E-state index contributed by atoms with van der Waals surface area (Å²) in [6.07, 6.45) is 5.95. The van der Waals surface area contributed by atoms with Crippen LogP contribution in [0, 0.1) is 5.82 Å². The highest BCUT2D eigenvalue weighted by Gasteiger charge is 2.27. The minimum atomic E-state index is -0.334. The summed E-state index contributed by atoms with van der Waals surface area (Å²) in [7, 11) is 1.62. The van der Waals surface area contributed by atoms with Crippen molar-refractivity contribution in [3.8, 4) is 22.6 Å². The lowest BCUT2D eigenvalue weighted by molar-refractivity contribution is -0.121. The Morgan fingerprint density at radius 1 is 1.27 bits per heavy atom.